The number of carboxylic acid groups (broad SMARTS) is 1. The summed E-state index contributed by atoms with van der Waals surface area (Å²) in [6, 6.07) is 3.61. The number of hydrogen-bond donors (Lipinski definition) is 1. The summed E-state index contributed by atoms with van der Waals surface area (Å²) >= 11 is 2.78. The highest BCUT2D eigenvalue weighted by atomic mass is 79.9. The van der Waals surface area contributed by atoms with E-state index in [1.807, 2.05) is 0 Å². The maximum atomic E-state index is 12.1. The Balaban J connectivity index is 3.47. The molecule has 90 valence electrons. The first-order valence-corrected chi connectivity index (χ1v) is 4.77. The molecule has 0 fully saturated rings. The largest absolute Gasteiger partial charge is 0.573 e. The first-order valence-electron chi connectivity index (χ1n) is 3.98. The Hall–Kier alpha value is -1.75. The van der Waals surface area contributed by atoms with Crippen molar-refractivity contribution in [1.82, 2.24) is 0 Å². The first kappa shape index (κ1) is 13.3. The third-order valence-electron chi connectivity index (χ3n) is 1.66. The van der Waals surface area contributed by atoms with Crippen LogP contribution < -0.4 is 4.74 Å². The highest BCUT2D eigenvalue weighted by Crippen LogP contribution is 2.34. The monoisotopic (exact) mass is 309 g/mol. The summed E-state index contributed by atoms with van der Waals surface area (Å²) in [4.78, 5) is 10.8. The molecule has 1 aromatic carbocycles. The van der Waals surface area contributed by atoms with E-state index in [2.05, 4.69) is 20.7 Å². The summed E-state index contributed by atoms with van der Waals surface area (Å²) in [5.74, 6) is -2.66. The van der Waals surface area contributed by atoms with Crippen LogP contribution in [0.15, 0.2) is 16.6 Å². The Kier molecular flexibility index (Phi) is 3.63. The molecular weight excluding hydrogens is 307 g/mol. The number of benzene rings is 1. The van der Waals surface area contributed by atoms with Crippen molar-refractivity contribution in [3.05, 3.63) is 27.7 Å². The molecule has 1 N–H and O–H groups in total. The molecule has 0 saturated heterocycles. The molecule has 4 nitrogen and oxygen atoms in total. The second-order valence-electron chi connectivity index (χ2n) is 2.76. The number of alkyl halides is 3. The second-order valence-corrected chi connectivity index (χ2v) is 3.62. The minimum Gasteiger partial charge on any atom is -0.478 e. The number of carboxylic acids is 1. The molecule has 0 aliphatic heterocycles. The average molecular weight is 310 g/mol. The van der Waals surface area contributed by atoms with Crippen molar-refractivity contribution < 1.29 is 27.8 Å². The van der Waals surface area contributed by atoms with E-state index in [-0.39, 0.29) is 4.47 Å². The molecule has 8 heteroatoms. The van der Waals surface area contributed by atoms with Gasteiger partial charge in [0.1, 0.15) is 11.6 Å². The lowest BCUT2D eigenvalue weighted by Crippen LogP contribution is -2.20. The van der Waals surface area contributed by atoms with Gasteiger partial charge >= 0.3 is 12.3 Å². The standard InChI is InChI=1S/C9H3BrF3NO3/c10-5-2-1-4(3-14)7(6(5)8(15)16)17-9(11,12)13/h1-2H,(H,15,16). The van der Waals surface area contributed by atoms with Gasteiger partial charge in [-0.1, -0.05) is 0 Å². The molecule has 0 amide bonds. The van der Waals surface area contributed by atoms with Crippen molar-refractivity contribution in [3.63, 3.8) is 0 Å². The Morgan fingerprint density at radius 2 is 2.06 bits per heavy atom. The summed E-state index contributed by atoms with van der Waals surface area (Å²) < 4.78 is 39.7. The maximum absolute atomic E-state index is 12.1. The molecule has 0 radical (unpaired) electrons. The van der Waals surface area contributed by atoms with E-state index in [9.17, 15) is 18.0 Å². The number of nitriles is 1. The van der Waals surface area contributed by atoms with Crippen molar-refractivity contribution in [1.29, 1.82) is 5.26 Å². The van der Waals surface area contributed by atoms with Crippen LogP contribution in [-0.2, 0) is 0 Å². The van der Waals surface area contributed by atoms with Crippen LogP contribution in [0.4, 0.5) is 13.2 Å². The fourth-order valence-electron chi connectivity index (χ4n) is 1.07. The van der Waals surface area contributed by atoms with Gasteiger partial charge in [-0.3, -0.25) is 0 Å². The highest BCUT2D eigenvalue weighted by molar-refractivity contribution is 9.10. The topological polar surface area (TPSA) is 70.3 Å². The molecule has 0 aromatic heterocycles. The van der Waals surface area contributed by atoms with Gasteiger partial charge in [0.05, 0.1) is 5.56 Å². The zero-order valence-corrected chi connectivity index (χ0v) is 9.46. The molecule has 1 rings (SSSR count). The Morgan fingerprint density at radius 3 is 2.47 bits per heavy atom. The predicted molar refractivity (Wildman–Crippen MR) is 52.5 cm³/mol. The van der Waals surface area contributed by atoms with Crippen molar-refractivity contribution in [2.45, 2.75) is 6.36 Å². The summed E-state index contributed by atoms with van der Waals surface area (Å²) in [6.07, 6.45) is -5.07. The lowest BCUT2D eigenvalue weighted by molar-refractivity contribution is -0.274. The number of rotatable bonds is 2. The quantitative estimate of drug-likeness (QED) is 0.912. The SMILES string of the molecule is N#Cc1ccc(Br)c(C(=O)O)c1OC(F)(F)F. The van der Waals surface area contributed by atoms with Gasteiger partial charge in [-0.2, -0.15) is 5.26 Å². The normalized spacial score (nSPS) is 10.8. The number of carbonyl (C=O) groups is 1. The Bertz CT molecular complexity index is 507. The third-order valence-corrected chi connectivity index (χ3v) is 2.32. The molecule has 0 aliphatic rings. The molecule has 1 aromatic rings. The fourth-order valence-corrected chi connectivity index (χ4v) is 1.55. The minimum atomic E-state index is -5.07. The molecule has 0 saturated carbocycles. The van der Waals surface area contributed by atoms with Gasteiger partial charge in [-0.05, 0) is 28.1 Å². The van der Waals surface area contributed by atoms with Gasteiger partial charge in [0.15, 0.2) is 5.75 Å². The smallest absolute Gasteiger partial charge is 0.478 e. The van der Waals surface area contributed by atoms with Gasteiger partial charge in [0.25, 0.3) is 0 Å². The Morgan fingerprint density at radius 1 is 1.47 bits per heavy atom. The second kappa shape index (κ2) is 4.63. The fraction of sp³-hybridized carbons (Fsp3) is 0.111. The van der Waals surface area contributed by atoms with E-state index in [0.29, 0.717) is 0 Å². The van der Waals surface area contributed by atoms with Crippen molar-refractivity contribution in [3.8, 4) is 11.8 Å². The van der Waals surface area contributed by atoms with Crippen molar-refractivity contribution in [2.24, 2.45) is 0 Å². The highest BCUT2D eigenvalue weighted by Gasteiger charge is 2.35. The molecule has 0 bridgehead atoms. The molecule has 0 aliphatic carbocycles. The molecule has 0 heterocycles. The van der Waals surface area contributed by atoms with E-state index >= 15 is 0 Å². The zero-order valence-electron chi connectivity index (χ0n) is 7.88. The number of hydrogen-bond acceptors (Lipinski definition) is 3. The molecule has 0 spiro atoms. The molecule has 0 unspecified atom stereocenters. The van der Waals surface area contributed by atoms with Crippen LogP contribution in [0.2, 0.25) is 0 Å². The maximum Gasteiger partial charge on any atom is 0.573 e. The van der Waals surface area contributed by atoms with E-state index in [4.69, 9.17) is 10.4 Å². The summed E-state index contributed by atoms with van der Waals surface area (Å²) in [5.41, 5.74) is -1.26. The third kappa shape index (κ3) is 3.10. The number of aromatic carboxylic acids is 1. The van der Waals surface area contributed by atoms with Crippen LogP contribution in [0.25, 0.3) is 0 Å². The zero-order chi connectivity index (χ0) is 13.2. The summed E-state index contributed by atoms with van der Waals surface area (Å²) in [6.45, 7) is 0. The molecule has 0 atom stereocenters. The van der Waals surface area contributed by atoms with Gasteiger partial charge in [-0.15, -0.1) is 13.2 Å². The van der Waals surface area contributed by atoms with Gasteiger partial charge in [-0.25, -0.2) is 4.79 Å². The van der Waals surface area contributed by atoms with Gasteiger partial charge in [0, 0.05) is 4.47 Å². The number of halogens is 4. The lowest BCUT2D eigenvalue weighted by atomic mass is 10.1. The van der Waals surface area contributed by atoms with Crippen LogP contribution in [0.1, 0.15) is 15.9 Å². The lowest BCUT2D eigenvalue weighted by Gasteiger charge is -2.13. The number of ether oxygens (including phenoxy) is 1. The number of nitrogens with zero attached hydrogens (tertiary/aromatic N) is 1. The van der Waals surface area contributed by atoms with Crippen LogP contribution in [-0.4, -0.2) is 17.4 Å². The van der Waals surface area contributed by atoms with Gasteiger partial charge < -0.3 is 9.84 Å². The van der Waals surface area contributed by atoms with Crippen LogP contribution in [0.5, 0.6) is 5.75 Å². The molecule has 17 heavy (non-hydrogen) atoms. The molecular formula is C9H3BrF3NO3. The Labute approximate surface area is 101 Å². The van der Waals surface area contributed by atoms with E-state index in [0.717, 1.165) is 12.1 Å². The van der Waals surface area contributed by atoms with Crippen LogP contribution in [0.3, 0.4) is 0 Å². The summed E-state index contributed by atoms with van der Waals surface area (Å²) in [5, 5.41) is 17.4. The summed E-state index contributed by atoms with van der Waals surface area (Å²) in [7, 11) is 0. The van der Waals surface area contributed by atoms with E-state index < -0.39 is 29.2 Å². The first-order chi connectivity index (χ1) is 7.76. The van der Waals surface area contributed by atoms with Crippen molar-refractivity contribution >= 4 is 21.9 Å². The van der Waals surface area contributed by atoms with Crippen LogP contribution >= 0.6 is 15.9 Å². The van der Waals surface area contributed by atoms with Crippen LogP contribution in [0, 0.1) is 11.3 Å². The van der Waals surface area contributed by atoms with E-state index in [1.54, 1.807) is 0 Å². The van der Waals surface area contributed by atoms with Crippen molar-refractivity contribution in [2.75, 3.05) is 0 Å². The van der Waals surface area contributed by atoms with E-state index in [1.165, 1.54) is 6.07 Å². The predicted octanol–water partition coefficient (Wildman–Crippen LogP) is 2.92. The average Bonchev–Trinajstić information content (AvgIpc) is 2.15. The minimum absolute atomic E-state index is 0.108. The van der Waals surface area contributed by atoms with Gasteiger partial charge in [0.2, 0.25) is 0 Å².